The van der Waals surface area contributed by atoms with Crippen molar-refractivity contribution in [3.8, 4) is 17.0 Å². The van der Waals surface area contributed by atoms with Gasteiger partial charge in [-0.1, -0.05) is 56.2 Å². The second kappa shape index (κ2) is 11.4. The number of hydrazone groups is 1. The predicted molar refractivity (Wildman–Crippen MR) is 120 cm³/mol. The Labute approximate surface area is 176 Å². The lowest BCUT2D eigenvalue weighted by Crippen LogP contribution is -2.17. The monoisotopic (exact) mass is 402 g/mol. The summed E-state index contributed by atoms with van der Waals surface area (Å²) in [6.07, 6.45) is 8.60. The maximum Gasteiger partial charge on any atom is 0.289 e. The third kappa shape index (κ3) is 6.44. The Morgan fingerprint density at radius 1 is 1.13 bits per heavy atom. The lowest BCUT2D eigenvalue weighted by atomic mass is 10.1. The first-order valence-electron chi connectivity index (χ1n) is 10.1. The molecule has 0 unspecified atom stereocenters. The summed E-state index contributed by atoms with van der Waals surface area (Å²) in [4.78, 5) is 12.2. The number of aromatic nitrogens is 2. The van der Waals surface area contributed by atoms with E-state index in [-0.39, 0.29) is 5.91 Å². The van der Waals surface area contributed by atoms with Crippen LogP contribution in [0.4, 0.5) is 0 Å². The van der Waals surface area contributed by atoms with Gasteiger partial charge in [-0.25, -0.2) is 5.43 Å². The molecule has 154 valence electrons. The molecule has 0 aliphatic rings. The number of nitrogens with zero attached hydrogens (tertiary/aromatic N) is 2. The van der Waals surface area contributed by atoms with Gasteiger partial charge in [0.05, 0.1) is 12.3 Å². The Kier molecular flexibility index (Phi) is 7.97. The number of carbonyl (C=O) groups excluding carboxylic acids is 1. The zero-order valence-corrected chi connectivity index (χ0v) is 17.0. The molecule has 2 aromatic carbocycles. The van der Waals surface area contributed by atoms with Crippen molar-refractivity contribution in [1.82, 2.24) is 15.6 Å². The molecule has 6 nitrogen and oxygen atoms in total. The molecule has 0 aliphatic heterocycles. The van der Waals surface area contributed by atoms with E-state index in [0.29, 0.717) is 11.4 Å². The zero-order valence-electron chi connectivity index (χ0n) is 17.0. The van der Waals surface area contributed by atoms with Gasteiger partial charge in [0.25, 0.3) is 5.91 Å². The first-order chi connectivity index (χ1) is 14.8. The highest BCUT2D eigenvalue weighted by Crippen LogP contribution is 2.21. The van der Waals surface area contributed by atoms with Crippen molar-refractivity contribution in [1.29, 1.82) is 0 Å². The van der Waals surface area contributed by atoms with E-state index in [4.69, 9.17) is 4.74 Å². The van der Waals surface area contributed by atoms with Crippen molar-refractivity contribution < 1.29 is 9.53 Å². The van der Waals surface area contributed by atoms with Gasteiger partial charge in [0, 0.05) is 11.8 Å². The molecule has 0 fully saturated rings. The fourth-order valence-corrected chi connectivity index (χ4v) is 2.77. The molecule has 2 N–H and O–H groups in total. The Balaban J connectivity index is 1.50. The van der Waals surface area contributed by atoms with Crippen molar-refractivity contribution in [3.05, 3.63) is 78.0 Å². The second-order valence-corrected chi connectivity index (χ2v) is 6.74. The van der Waals surface area contributed by atoms with E-state index in [2.05, 4.69) is 27.6 Å². The van der Waals surface area contributed by atoms with E-state index in [1.807, 2.05) is 60.7 Å². The summed E-state index contributed by atoms with van der Waals surface area (Å²) in [6.45, 7) is 2.89. The van der Waals surface area contributed by atoms with Crippen molar-refractivity contribution in [2.45, 2.75) is 26.2 Å². The number of H-pyrrole nitrogens is 1. The third-order valence-corrected chi connectivity index (χ3v) is 4.40. The number of hydrogen-bond acceptors (Lipinski definition) is 4. The minimum atomic E-state index is -0.353. The number of aromatic amines is 1. The third-order valence-electron chi connectivity index (χ3n) is 4.40. The van der Waals surface area contributed by atoms with Crippen LogP contribution in [-0.2, 0) is 0 Å². The van der Waals surface area contributed by atoms with E-state index in [0.717, 1.165) is 29.9 Å². The summed E-state index contributed by atoms with van der Waals surface area (Å²) in [6, 6.07) is 19.2. The highest BCUT2D eigenvalue weighted by atomic mass is 16.5. The topological polar surface area (TPSA) is 79.4 Å². The molecule has 6 heteroatoms. The molecule has 0 saturated carbocycles. The number of carbonyl (C=O) groups is 1. The van der Waals surface area contributed by atoms with Gasteiger partial charge in [-0.05, 0) is 48.4 Å². The Morgan fingerprint density at radius 2 is 1.93 bits per heavy atom. The predicted octanol–water partition coefficient (Wildman–Crippen LogP) is 5.07. The number of allylic oxidation sites excluding steroid dienone is 1. The van der Waals surface area contributed by atoms with Crippen LogP contribution in [0.1, 0.15) is 42.2 Å². The summed E-state index contributed by atoms with van der Waals surface area (Å²) in [5.74, 6) is 0.482. The van der Waals surface area contributed by atoms with E-state index >= 15 is 0 Å². The van der Waals surface area contributed by atoms with Gasteiger partial charge in [-0.3, -0.25) is 9.89 Å². The molecule has 0 aliphatic carbocycles. The Morgan fingerprint density at radius 3 is 2.70 bits per heavy atom. The van der Waals surface area contributed by atoms with Crippen molar-refractivity contribution in [2.24, 2.45) is 5.10 Å². The van der Waals surface area contributed by atoms with Crippen LogP contribution in [0, 0.1) is 0 Å². The number of unbranched alkanes of at least 4 members (excludes halogenated alkanes) is 2. The smallest absolute Gasteiger partial charge is 0.289 e. The number of ether oxygens (including phenoxy) is 1. The van der Waals surface area contributed by atoms with Gasteiger partial charge in [0.15, 0.2) is 0 Å². The average Bonchev–Trinajstić information content (AvgIpc) is 3.28. The lowest BCUT2D eigenvalue weighted by Gasteiger charge is -2.06. The normalized spacial score (nSPS) is 11.2. The van der Waals surface area contributed by atoms with Crippen molar-refractivity contribution in [3.63, 3.8) is 0 Å². The minimum Gasteiger partial charge on any atom is -0.494 e. The van der Waals surface area contributed by atoms with Crippen LogP contribution in [-0.4, -0.2) is 28.9 Å². The van der Waals surface area contributed by atoms with E-state index < -0.39 is 0 Å². The second-order valence-electron chi connectivity index (χ2n) is 6.74. The van der Waals surface area contributed by atoms with Crippen LogP contribution in [0.3, 0.4) is 0 Å². The molecule has 3 aromatic rings. The molecular weight excluding hydrogens is 376 g/mol. The first-order valence-corrected chi connectivity index (χ1v) is 10.1. The maximum absolute atomic E-state index is 12.2. The SMILES string of the molecule is CCCCCOc1ccc(-c2cc(C(=O)NN=CC=Cc3ccccc3)[nH]n2)cc1. The number of amides is 1. The molecule has 1 heterocycles. The summed E-state index contributed by atoms with van der Waals surface area (Å²) in [7, 11) is 0. The number of hydrogen-bond donors (Lipinski definition) is 2. The van der Waals surface area contributed by atoms with Crippen LogP contribution in [0.5, 0.6) is 5.75 Å². The summed E-state index contributed by atoms with van der Waals surface area (Å²) >= 11 is 0. The van der Waals surface area contributed by atoms with Gasteiger partial charge >= 0.3 is 0 Å². The quantitative estimate of drug-likeness (QED) is 0.282. The number of rotatable bonds is 10. The number of benzene rings is 2. The highest BCUT2D eigenvalue weighted by molar-refractivity contribution is 5.94. The molecule has 1 amide bonds. The molecule has 30 heavy (non-hydrogen) atoms. The van der Waals surface area contributed by atoms with Gasteiger partial charge in [0.1, 0.15) is 11.4 Å². The lowest BCUT2D eigenvalue weighted by molar-refractivity contribution is 0.0950. The van der Waals surface area contributed by atoms with Crippen LogP contribution >= 0.6 is 0 Å². The highest BCUT2D eigenvalue weighted by Gasteiger charge is 2.10. The zero-order chi connectivity index (χ0) is 21.0. The summed E-state index contributed by atoms with van der Waals surface area (Å²) in [5, 5.41) is 10.9. The van der Waals surface area contributed by atoms with E-state index in [1.54, 1.807) is 12.1 Å². The first kappa shape index (κ1) is 21.0. The standard InChI is InChI=1S/C24H26N4O2/c1-2-3-7-17-30-21-14-12-20(13-15-21)22-18-23(27-26-22)24(29)28-25-16-8-11-19-9-5-4-6-10-19/h4-6,8-16,18H,2-3,7,17H2,1H3,(H,26,27)(H,28,29). The molecule has 0 saturated heterocycles. The molecule has 0 spiro atoms. The van der Waals surface area contributed by atoms with Crippen molar-refractivity contribution >= 4 is 18.2 Å². The van der Waals surface area contributed by atoms with Gasteiger partial charge in [-0.15, -0.1) is 0 Å². The molecular formula is C24H26N4O2. The minimum absolute atomic E-state index is 0.342. The fraction of sp³-hybridized carbons (Fsp3) is 0.208. The maximum atomic E-state index is 12.2. The van der Waals surface area contributed by atoms with Gasteiger partial charge < -0.3 is 4.74 Å². The van der Waals surface area contributed by atoms with Crippen LogP contribution in [0.15, 0.2) is 71.8 Å². The van der Waals surface area contributed by atoms with E-state index in [1.165, 1.54) is 19.1 Å². The van der Waals surface area contributed by atoms with Gasteiger partial charge in [0.2, 0.25) is 0 Å². The summed E-state index contributed by atoms with van der Waals surface area (Å²) in [5.41, 5.74) is 5.47. The molecule has 0 atom stereocenters. The van der Waals surface area contributed by atoms with Crippen LogP contribution < -0.4 is 10.2 Å². The van der Waals surface area contributed by atoms with Crippen LogP contribution in [0.25, 0.3) is 17.3 Å². The largest absolute Gasteiger partial charge is 0.494 e. The Hall–Kier alpha value is -3.67. The molecule has 0 radical (unpaired) electrons. The number of nitrogens with one attached hydrogen (secondary N) is 2. The molecule has 3 rings (SSSR count). The average molecular weight is 402 g/mol. The fourth-order valence-electron chi connectivity index (χ4n) is 2.77. The van der Waals surface area contributed by atoms with Crippen molar-refractivity contribution in [2.75, 3.05) is 6.61 Å². The molecule has 1 aromatic heterocycles. The molecule has 0 bridgehead atoms. The van der Waals surface area contributed by atoms with Gasteiger partial charge in [-0.2, -0.15) is 10.2 Å². The Bertz CT molecular complexity index is 976. The summed E-state index contributed by atoms with van der Waals surface area (Å²) < 4.78 is 5.72. The van der Waals surface area contributed by atoms with E-state index in [9.17, 15) is 4.79 Å². The van der Waals surface area contributed by atoms with Crippen LogP contribution in [0.2, 0.25) is 0 Å².